The highest BCUT2D eigenvalue weighted by Crippen LogP contribution is 2.29. The molecule has 1 atom stereocenters. The maximum Gasteiger partial charge on any atom is 0.339 e. The smallest absolute Gasteiger partial charge is 0.339 e. The van der Waals surface area contributed by atoms with Crippen molar-refractivity contribution in [2.45, 2.75) is 31.2 Å². The Morgan fingerprint density at radius 3 is 2.20 bits per heavy atom. The van der Waals surface area contributed by atoms with Crippen LogP contribution in [0, 0.1) is 5.92 Å². The van der Waals surface area contributed by atoms with Crippen molar-refractivity contribution < 1.29 is 27.5 Å². The molecule has 0 fully saturated rings. The Balaban J connectivity index is 3.32. The molecule has 0 saturated carbocycles. The van der Waals surface area contributed by atoms with E-state index in [1.54, 1.807) is 0 Å². The largest absolute Gasteiger partial charge is 0.468 e. The third-order valence-electron chi connectivity index (χ3n) is 3.21. The first-order chi connectivity index (χ1) is 11.5. The highest BCUT2D eigenvalue weighted by atomic mass is 35.5. The molecule has 1 aromatic carbocycles. The summed E-state index contributed by atoms with van der Waals surface area (Å²) in [4.78, 5) is 23.2. The van der Waals surface area contributed by atoms with Gasteiger partial charge in [-0.2, -0.15) is 4.72 Å². The zero-order valence-electron chi connectivity index (χ0n) is 14.1. The van der Waals surface area contributed by atoms with Crippen molar-refractivity contribution in [3.8, 4) is 0 Å². The van der Waals surface area contributed by atoms with Crippen LogP contribution in [0.1, 0.15) is 30.6 Å². The van der Waals surface area contributed by atoms with Crippen LogP contribution in [0.5, 0.6) is 0 Å². The third kappa shape index (κ3) is 5.57. The molecule has 0 spiro atoms. The quantitative estimate of drug-likeness (QED) is 0.692. The van der Waals surface area contributed by atoms with Gasteiger partial charge in [0.1, 0.15) is 10.9 Å². The van der Waals surface area contributed by atoms with Crippen LogP contribution in [0.4, 0.5) is 0 Å². The molecule has 0 heterocycles. The van der Waals surface area contributed by atoms with Crippen LogP contribution < -0.4 is 4.72 Å². The van der Waals surface area contributed by atoms with E-state index in [9.17, 15) is 18.0 Å². The van der Waals surface area contributed by atoms with Gasteiger partial charge in [-0.3, -0.25) is 4.79 Å². The van der Waals surface area contributed by atoms with E-state index >= 15 is 0 Å². The summed E-state index contributed by atoms with van der Waals surface area (Å²) in [6.07, 6.45) is 0.223. The number of hydrogen-bond donors (Lipinski definition) is 1. The Morgan fingerprint density at radius 1 is 1.12 bits per heavy atom. The molecule has 0 aliphatic carbocycles. The number of carbonyl (C=O) groups is 2. The molecule has 0 aliphatic rings. The first kappa shape index (κ1) is 21.7. The Hall–Kier alpha value is -1.35. The van der Waals surface area contributed by atoms with Crippen LogP contribution in [0.15, 0.2) is 17.0 Å². The lowest BCUT2D eigenvalue weighted by molar-refractivity contribution is -0.143. The number of esters is 2. The predicted molar refractivity (Wildman–Crippen MR) is 93.4 cm³/mol. The van der Waals surface area contributed by atoms with Crippen molar-refractivity contribution in [1.29, 1.82) is 0 Å². The number of halogens is 2. The zero-order chi connectivity index (χ0) is 19.4. The monoisotopic (exact) mass is 411 g/mol. The summed E-state index contributed by atoms with van der Waals surface area (Å²) in [5, 5.41) is -0.249. The summed E-state index contributed by atoms with van der Waals surface area (Å²) >= 11 is 11.9. The van der Waals surface area contributed by atoms with Gasteiger partial charge in [0.15, 0.2) is 0 Å². The molecular formula is C15H19Cl2NO6S. The van der Waals surface area contributed by atoms with E-state index < -0.39 is 32.9 Å². The molecule has 0 saturated heterocycles. The molecule has 140 valence electrons. The Kier molecular flexibility index (Phi) is 7.67. The molecule has 1 N–H and O–H groups in total. The second-order valence-electron chi connectivity index (χ2n) is 5.58. The Labute approximate surface area is 156 Å². The summed E-state index contributed by atoms with van der Waals surface area (Å²) < 4.78 is 36.7. The lowest BCUT2D eigenvalue weighted by Crippen LogP contribution is -2.42. The Bertz CT molecular complexity index is 764. The van der Waals surface area contributed by atoms with Gasteiger partial charge in [0.2, 0.25) is 10.0 Å². The third-order valence-corrected chi connectivity index (χ3v) is 5.46. The molecule has 0 radical (unpaired) electrons. The minimum Gasteiger partial charge on any atom is -0.468 e. The van der Waals surface area contributed by atoms with Gasteiger partial charge in [-0.1, -0.05) is 37.0 Å². The van der Waals surface area contributed by atoms with Gasteiger partial charge in [-0.15, -0.1) is 0 Å². The summed E-state index contributed by atoms with van der Waals surface area (Å²) in [5.74, 6) is -1.52. The van der Waals surface area contributed by atoms with E-state index in [0.717, 1.165) is 26.4 Å². The molecule has 0 aromatic heterocycles. The standard InChI is InChI=1S/C15H19Cl2NO6S/c1-8(2)5-12(15(20)24-4)18-25(21,22)13-6-9(14(19)23-3)10(16)7-11(13)17/h6-8,12,18H,5H2,1-4H3. The van der Waals surface area contributed by atoms with E-state index in [0.29, 0.717) is 0 Å². The van der Waals surface area contributed by atoms with Crippen LogP contribution in [-0.4, -0.2) is 40.6 Å². The van der Waals surface area contributed by atoms with Crippen molar-refractivity contribution in [1.82, 2.24) is 4.72 Å². The van der Waals surface area contributed by atoms with E-state index in [2.05, 4.69) is 14.2 Å². The maximum absolute atomic E-state index is 12.6. The van der Waals surface area contributed by atoms with Crippen LogP contribution in [0.25, 0.3) is 0 Å². The predicted octanol–water partition coefficient (Wildman–Crippen LogP) is 2.65. The van der Waals surface area contributed by atoms with E-state index in [1.807, 2.05) is 13.8 Å². The lowest BCUT2D eigenvalue weighted by Gasteiger charge is -2.19. The fraction of sp³-hybridized carbons (Fsp3) is 0.467. The average molecular weight is 412 g/mol. The van der Waals surface area contributed by atoms with E-state index in [1.165, 1.54) is 0 Å². The second kappa shape index (κ2) is 8.84. The highest BCUT2D eigenvalue weighted by molar-refractivity contribution is 7.89. The van der Waals surface area contributed by atoms with Gasteiger partial charge in [0.05, 0.1) is 29.8 Å². The second-order valence-corrected chi connectivity index (χ2v) is 8.08. The van der Waals surface area contributed by atoms with Gasteiger partial charge in [0, 0.05) is 0 Å². The maximum atomic E-state index is 12.6. The normalized spacial score (nSPS) is 12.8. The fourth-order valence-electron chi connectivity index (χ4n) is 2.06. The average Bonchev–Trinajstić information content (AvgIpc) is 2.51. The van der Waals surface area contributed by atoms with Gasteiger partial charge < -0.3 is 9.47 Å². The minimum atomic E-state index is -4.22. The van der Waals surface area contributed by atoms with Gasteiger partial charge in [0.25, 0.3) is 0 Å². The lowest BCUT2D eigenvalue weighted by atomic mass is 10.1. The number of carbonyl (C=O) groups excluding carboxylic acids is 2. The number of ether oxygens (including phenoxy) is 2. The van der Waals surface area contributed by atoms with Crippen LogP contribution in [0.3, 0.4) is 0 Å². The van der Waals surface area contributed by atoms with Crippen LogP contribution in [-0.2, 0) is 24.3 Å². The molecular weight excluding hydrogens is 393 g/mol. The molecule has 1 rings (SSSR count). The van der Waals surface area contributed by atoms with Crippen molar-refractivity contribution in [2.75, 3.05) is 14.2 Å². The number of rotatable bonds is 7. The van der Waals surface area contributed by atoms with Gasteiger partial charge in [-0.05, 0) is 24.5 Å². The van der Waals surface area contributed by atoms with Crippen molar-refractivity contribution in [2.24, 2.45) is 5.92 Å². The van der Waals surface area contributed by atoms with Gasteiger partial charge >= 0.3 is 11.9 Å². The van der Waals surface area contributed by atoms with Crippen molar-refractivity contribution in [3.63, 3.8) is 0 Å². The first-order valence-electron chi connectivity index (χ1n) is 7.21. The summed E-state index contributed by atoms with van der Waals surface area (Å²) in [5.41, 5.74) is -0.160. The Morgan fingerprint density at radius 2 is 1.72 bits per heavy atom. The molecule has 1 unspecified atom stereocenters. The SMILES string of the molecule is COC(=O)c1cc(S(=O)(=O)NC(CC(C)C)C(=O)OC)c(Cl)cc1Cl. The number of hydrogen-bond acceptors (Lipinski definition) is 6. The van der Waals surface area contributed by atoms with Crippen molar-refractivity contribution in [3.05, 3.63) is 27.7 Å². The molecule has 10 heteroatoms. The number of nitrogens with one attached hydrogen (secondary N) is 1. The van der Waals surface area contributed by atoms with Gasteiger partial charge in [-0.25, -0.2) is 13.2 Å². The molecule has 0 bridgehead atoms. The molecule has 7 nitrogen and oxygen atoms in total. The molecule has 0 aliphatic heterocycles. The summed E-state index contributed by atoms with van der Waals surface area (Å²) in [6.45, 7) is 3.66. The van der Waals surface area contributed by atoms with Crippen LogP contribution in [0.2, 0.25) is 10.0 Å². The summed E-state index contributed by atoms with van der Waals surface area (Å²) in [6, 6.07) is 1.03. The fourth-order valence-corrected chi connectivity index (χ4v) is 4.11. The minimum absolute atomic E-state index is 0.0260. The topological polar surface area (TPSA) is 98.8 Å². The number of methoxy groups -OCH3 is 2. The van der Waals surface area contributed by atoms with Crippen molar-refractivity contribution >= 4 is 45.2 Å². The van der Waals surface area contributed by atoms with Crippen LogP contribution >= 0.6 is 23.2 Å². The summed E-state index contributed by atoms with van der Waals surface area (Å²) in [7, 11) is -1.93. The zero-order valence-corrected chi connectivity index (χ0v) is 16.5. The number of sulfonamides is 1. The molecule has 0 amide bonds. The number of benzene rings is 1. The molecule has 25 heavy (non-hydrogen) atoms. The highest BCUT2D eigenvalue weighted by Gasteiger charge is 2.30. The first-order valence-corrected chi connectivity index (χ1v) is 9.44. The van der Waals surface area contributed by atoms with E-state index in [4.69, 9.17) is 23.2 Å². The molecule has 1 aromatic rings. The van der Waals surface area contributed by atoms with E-state index in [-0.39, 0.29) is 27.9 Å².